The fraction of sp³-hybridized carbons (Fsp3) is 0.440. The van der Waals surface area contributed by atoms with Crippen LogP contribution in [0.1, 0.15) is 66.8 Å². The van der Waals surface area contributed by atoms with Gasteiger partial charge in [0.1, 0.15) is 0 Å². The Bertz CT molecular complexity index is 868. The molecular formula is C25H31N3O3. The number of hydrogen-bond acceptors (Lipinski definition) is 3. The van der Waals surface area contributed by atoms with Gasteiger partial charge in [-0.2, -0.15) is 0 Å². The Hall–Kier alpha value is -2.86. The molecule has 3 N–H and O–H groups in total. The van der Waals surface area contributed by atoms with E-state index in [-0.39, 0.29) is 18.0 Å². The number of amides is 3. The van der Waals surface area contributed by atoms with Crippen molar-refractivity contribution >= 4 is 23.3 Å². The van der Waals surface area contributed by atoms with Gasteiger partial charge in [-0.3, -0.25) is 4.79 Å². The van der Waals surface area contributed by atoms with Crippen LogP contribution in [0.4, 0.5) is 16.2 Å². The monoisotopic (exact) mass is 421 g/mol. The Labute approximate surface area is 183 Å². The first-order chi connectivity index (χ1) is 15.2. The molecule has 2 fully saturated rings. The molecule has 0 spiro atoms. The van der Waals surface area contributed by atoms with Crippen molar-refractivity contribution < 1.29 is 14.3 Å². The van der Waals surface area contributed by atoms with Gasteiger partial charge in [0.2, 0.25) is 0 Å². The summed E-state index contributed by atoms with van der Waals surface area (Å²) < 4.78 is 5.50. The standard InChI is InChI=1S/C25H31N3O3/c29-24(20-10-8-19(9-11-20)18-5-2-1-3-6-18)27-21-12-14-22(15-13-21)28-25(30)26-17-23-7-4-16-31-23/h8-15,18,23H,1-7,16-17H2,(H,27,29)(H2,26,28,30)/t23-/m0/s1. The molecule has 4 rings (SSSR count). The van der Waals surface area contributed by atoms with E-state index in [4.69, 9.17) is 4.74 Å². The van der Waals surface area contributed by atoms with E-state index in [1.807, 2.05) is 12.1 Å². The van der Waals surface area contributed by atoms with Crippen molar-refractivity contribution in [3.8, 4) is 0 Å². The zero-order chi connectivity index (χ0) is 21.5. The predicted octanol–water partition coefficient (Wildman–Crippen LogP) is 5.29. The second-order valence-corrected chi connectivity index (χ2v) is 8.46. The Morgan fingerprint density at radius 2 is 1.48 bits per heavy atom. The van der Waals surface area contributed by atoms with Crippen LogP contribution in [0.3, 0.4) is 0 Å². The molecule has 0 radical (unpaired) electrons. The zero-order valence-electron chi connectivity index (χ0n) is 17.9. The third-order valence-electron chi connectivity index (χ3n) is 6.16. The minimum atomic E-state index is -0.259. The first-order valence-corrected chi connectivity index (χ1v) is 11.4. The van der Waals surface area contributed by atoms with Gasteiger partial charge in [0, 0.05) is 30.1 Å². The van der Waals surface area contributed by atoms with Crippen LogP contribution >= 0.6 is 0 Å². The summed E-state index contributed by atoms with van der Waals surface area (Å²) in [5.41, 5.74) is 3.34. The Morgan fingerprint density at radius 3 is 2.13 bits per heavy atom. The van der Waals surface area contributed by atoms with Crippen molar-refractivity contribution in [3.05, 3.63) is 59.7 Å². The summed E-state index contributed by atoms with van der Waals surface area (Å²) in [6.07, 6.45) is 8.58. The number of carbonyl (C=O) groups is 2. The van der Waals surface area contributed by atoms with Gasteiger partial charge < -0.3 is 20.7 Å². The molecule has 0 aromatic heterocycles. The minimum Gasteiger partial charge on any atom is -0.376 e. The first-order valence-electron chi connectivity index (χ1n) is 11.4. The maximum atomic E-state index is 12.6. The lowest BCUT2D eigenvalue weighted by Crippen LogP contribution is -2.35. The molecule has 1 saturated heterocycles. The Morgan fingerprint density at radius 1 is 0.806 bits per heavy atom. The smallest absolute Gasteiger partial charge is 0.319 e. The highest BCUT2D eigenvalue weighted by Gasteiger charge is 2.17. The highest BCUT2D eigenvalue weighted by atomic mass is 16.5. The van der Waals surface area contributed by atoms with E-state index in [0.717, 1.165) is 19.4 Å². The van der Waals surface area contributed by atoms with Crippen LogP contribution < -0.4 is 16.0 Å². The van der Waals surface area contributed by atoms with Crippen molar-refractivity contribution in [2.45, 2.75) is 57.0 Å². The molecule has 2 aromatic carbocycles. The molecule has 0 unspecified atom stereocenters. The van der Waals surface area contributed by atoms with Crippen molar-refractivity contribution in [2.24, 2.45) is 0 Å². The summed E-state index contributed by atoms with van der Waals surface area (Å²) in [6.45, 7) is 1.28. The van der Waals surface area contributed by atoms with Crippen LogP contribution in [0, 0.1) is 0 Å². The summed E-state index contributed by atoms with van der Waals surface area (Å²) in [7, 11) is 0. The number of benzene rings is 2. The van der Waals surface area contributed by atoms with Crippen molar-refractivity contribution in [1.29, 1.82) is 0 Å². The van der Waals surface area contributed by atoms with Crippen LogP contribution in [0.5, 0.6) is 0 Å². The summed E-state index contributed by atoms with van der Waals surface area (Å²) >= 11 is 0. The van der Waals surface area contributed by atoms with E-state index in [9.17, 15) is 9.59 Å². The highest BCUT2D eigenvalue weighted by Crippen LogP contribution is 2.32. The lowest BCUT2D eigenvalue weighted by molar-refractivity contribution is 0.102. The van der Waals surface area contributed by atoms with Crippen LogP contribution in [0.25, 0.3) is 0 Å². The van der Waals surface area contributed by atoms with E-state index in [0.29, 0.717) is 29.4 Å². The second kappa shape index (κ2) is 10.4. The number of carbonyl (C=O) groups excluding carboxylic acids is 2. The molecule has 2 aliphatic rings. The van der Waals surface area contributed by atoms with Crippen LogP contribution in [0.15, 0.2) is 48.5 Å². The Kier molecular flexibility index (Phi) is 7.20. The number of hydrogen-bond donors (Lipinski definition) is 3. The fourth-order valence-electron chi connectivity index (χ4n) is 4.37. The average Bonchev–Trinajstić information content (AvgIpc) is 3.33. The number of nitrogens with one attached hydrogen (secondary N) is 3. The largest absolute Gasteiger partial charge is 0.376 e. The summed E-state index contributed by atoms with van der Waals surface area (Å²) in [6, 6.07) is 14.8. The van der Waals surface area contributed by atoms with E-state index in [1.165, 1.54) is 37.7 Å². The van der Waals surface area contributed by atoms with E-state index in [2.05, 4.69) is 28.1 Å². The molecule has 3 amide bonds. The van der Waals surface area contributed by atoms with Gasteiger partial charge in [-0.1, -0.05) is 31.4 Å². The number of rotatable bonds is 6. The average molecular weight is 422 g/mol. The SMILES string of the molecule is O=C(NC[C@@H]1CCCO1)Nc1ccc(NC(=O)c2ccc(C3CCCCC3)cc2)cc1. The molecule has 31 heavy (non-hydrogen) atoms. The quantitative estimate of drug-likeness (QED) is 0.593. The molecule has 6 heteroatoms. The van der Waals surface area contributed by atoms with E-state index < -0.39 is 0 Å². The molecule has 6 nitrogen and oxygen atoms in total. The van der Waals surface area contributed by atoms with Gasteiger partial charge >= 0.3 is 6.03 Å². The first kappa shape index (κ1) is 21.4. The second-order valence-electron chi connectivity index (χ2n) is 8.46. The molecular weight excluding hydrogens is 390 g/mol. The normalized spacial score (nSPS) is 19.0. The predicted molar refractivity (Wildman–Crippen MR) is 123 cm³/mol. The highest BCUT2D eigenvalue weighted by molar-refractivity contribution is 6.04. The van der Waals surface area contributed by atoms with E-state index in [1.54, 1.807) is 24.3 Å². The number of ether oxygens (including phenoxy) is 1. The van der Waals surface area contributed by atoms with E-state index >= 15 is 0 Å². The number of anilines is 2. The summed E-state index contributed by atoms with van der Waals surface area (Å²) in [5, 5.41) is 8.54. The number of urea groups is 1. The Balaban J connectivity index is 1.26. The van der Waals surface area contributed by atoms with Gasteiger partial charge in [-0.05, 0) is 73.6 Å². The van der Waals surface area contributed by atoms with Crippen LogP contribution in [-0.4, -0.2) is 31.2 Å². The molecule has 1 atom stereocenters. The van der Waals surface area contributed by atoms with Gasteiger partial charge in [0.05, 0.1) is 6.10 Å². The molecule has 1 heterocycles. The van der Waals surface area contributed by atoms with Crippen molar-refractivity contribution in [3.63, 3.8) is 0 Å². The molecule has 0 bridgehead atoms. The third-order valence-corrected chi connectivity index (χ3v) is 6.16. The maximum absolute atomic E-state index is 12.6. The summed E-state index contributed by atoms with van der Waals surface area (Å²) in [4.78, 5) is 24.6. The van der Waals surface area contributed by atoms with Gasteiger partial charge in [0.15, 0.2) is 0 Å². The topological polar surface area (TPSA) is 79.5 Å². The molecule has 2 aromatic rings. The summed E-state index contributed by atoms with van der Waals surface area (Å²) in [5.74, 6) is 0.499. The lowest BCUT2D eigenvalue weighted by Gasteiger charge is -2.22. The molecule has 1 saturated carbocycles. The zero-order valence-corrected chi connectivity index (χ0v) is 17.9. The van der Waals surface area contributed by atoms with Crippen LogP contribution in [-0.2, 0) is 4.74 Å². The van der Waals surface area contributed by atoms with Crippen LogP contribution in [0.2, 0.25) is 0 Å². The van der Waals surface area contributed by atoms with Gasteiger partial charge in [0.25, 0.3) is 5.91 Å². The maximum Gasteiger partial charge on any atom is 0.319 e. The lowest BCUT2D eigenvalue weighted by atomic mass is 9.84. The molecule has 1 aliphatic heterocycles. The van der Waals surface area contributed by atoms with Crippen molar-refractivity contribution in [1.82, 2.24) is 5.32 Å². The van der Waals surface area contributed by atoms with Gasteiger partial charge in [-0.25, -0.2) is 4.79 Å². The van der Waals surface area contributed by atoms with Crippen molar-refractivity contribution in [2.75, 3.05) is 23.8 Å². The minimum absolute atomic E-state index is 0.111. The fourth-order valence-corrected chi connectivity index (χ4v) is 4.37. The van der Waals surface area contributed by atoms with Gasteiger partial charge in [-0.15, -0.1) is 0 Å². The third kappa shape index (κ3) is 6.07. The molecule has 164 valence electrons. The molecule has 1 aliphatic carbocycles.